The molecule has 3 aromatic rings. The Balaban J connectivity index is 1.99. The molecule has 2 aromatic carbocycles. The highest BCUT2D eigenvalue weighted by atomic mass is 35.5. The van der Waals surface area contributed by atoms with E-state index in [0.29, 0.717) is 23.9 Å². The number of carbonyl (C=O) groups excluding carboxylic acids is 1. The molecule has 0 unspecified atom stereocenters. The van der Waals surface area contributed by atoms with E-state index in [0.717, 1.165) is 27.8 Å². The van der Waals surface area contributed by atoms with E-state index in [2.05, 4.69) is 24.1 Å². The van der Waals surface area contributed by atoms with Gasteiger partial charge in [-0.25, -0.2) is 0 Å². The molecule has 0 aliphatic rings. The Morgan fingerprint density at radius 3 is 2.59 bits per heavy atom. The number of H-pyrrole nitrogens is 1. The molecule has 0 saturated carbocycles. The van der Waals surface area contributed by atoms with Crippen LogP contribution in [0.5, 0.6) is 5.75 Å². The Morgan fingerprint density at radius 1 is 1.19 bits per heavy atom. The lowest BCUT2D eigenvalue weighted by Gasteiger charge is -2.18. The molecule has 0 spiro atoms. The molecule has 0 aliphatic heterocycles. The lowest BCUT2D eigenvalue weighted by atomic mass is 9.88. The van der Waals surface area contributed by atoms with Gasteiger partial charge in [0.1, 0.15) is 5.75 Å². The van der Waals surface area contributed by atoms with Crippen LogP contribution in [-0.2, 0) is 4.79 Å². The van der Waals surface area contributed by atoms with Crippen molar-refractivity contribution < 1.29 is 9.53 Å². The second-order valence-electron chi connectivity index (χ2n) is 7.16. The fraction of sp³-hybridized carbons (Fsp3) is 0.318. The van der Waals surface area contributed by atoms with E-state index < -0.39 is 0 Å². The number of aromatic nitrogens is 1. The number of aromatic amines is 1. The fourth-order valence-corrected chi connectivity index (χ4v) is 3.34. The van der Waals surface area contributed by atoms with Crippen molar-refractivity contribution in [3.8, 4) is 5.75 Å². The summed E-state index contributed by atoms with van der Waals surface area (Å²) in [6.45, 7) is 4.85. The molecule has 1 atom stereocenters. The minimum atomic E-state index is -0.0738. The van der Waals surface area contributed by atoms with Crippen molar-refractivity contribution in [2.45, 2.75) is 26.2 Å². The van der Waals surface area contributed by atoms with Crippen LogP contribution in [0.2, 0.25) is 5.02 Å². The molecule has 0 bridgehead atoms. The Morgan fingerprint density at radius 2 is 1.93 bits per heavy atom. The molecule has 142 valence electrons. The van der Waals surface area contributed by atoms with Gasteiger partial charge in [-0.15, -0.1) is 0 Å². The fourth-order valence-electron chi connectivity index (χ4n) is 3.21. The lowest BCUT2D eigenvalue weighted by Crippen LogP contribution is -2.28. The van der Waals surface area contributed by atoms with Gasteiger partial charge in [0.15, 0.2) is 0 Å². The second-order valence-corrected chi connectivity index (χ2v) is 7.60. The van der Waals surface area contributed by atoms with Crippen molar-refractivity contribution in [1.29, 1.82) is 0 Å². The highest BCUT2D eigenvalue weighted by Crippen LogP contribution is 2.35. The zero-order chi connectivity index (χ0) is 19.4. The van der Waals surface area contributed by atoms with Crippen LogP contribution < -0.4 is 10.1 Å². The van der Waals surface area contributed by atoms with Gasteiger partial charge in [-0.1, -0.05) is 37.6 Å². The SMILES string of the molecule is COc1ccc2[nH]cc([C@@H](CC(=O)NCC(C)C)c3ccc(Cl)cc3)c2c1. The first-order valence-electron chi connectivity index (χ1n) is 9.15. The predicted molar refractivity (Wildman–Crippen MR) is 111 cm³/mol. The maximum absolute atomic E-state index is 12.6. The second kappa shape index (κ2) is 8.49. The minimum Gasteiger partial charge on any atom is -0.497 e. The quantitative estimate of drug-likeness (QED) is 0.593. The Kier molecular flexibility index (Phi) is 6.07. The number of methoxy groups -OCH3 is 1. The van der Waals surface area contributed by atoms with Gasteiger partial charge in [0.2, 0.25) is 5.91 Å². The number of halogens is 1. The summed E-state index contributed by atoms with van der Waals surface area (Å²) in [7, 11) is 1.66. The summed E-state index contributed by atoms with van der Waals surface area (Å²) in [5.41, 5.74) is 3.15. The Labute approximate surface area is 164 Å². The van der Waals surface area contributed by atoms with Gasteiger partial charge in [0.25, 0.3) is 0 Å². The molecule has 1 amide bonds. The largest absolute Gasteiger partial charge is 0.497 e. The molecule has 0 aliphatic carbocycles. The number of benzene rings is 2. The standard InChI is InChI=1S/C22H25ClN2O2/c1-14(2)12-25-22(26)11-18(15-4-6-16(23)7-5-15)20-13-24-21-9-8-17(27-3)10-19(20)21/h4-10,13-14,18,24H,11-12H2,1-3H3,(H,25,26)/t18-/m0/s1. The number of hydrogen-bond acceptors (Lipinski definition) is 2. The average molecular weight is 385 g/mol. The van der Waals surface area contributed by atoms with Gasteiger partial charge >= 0.3 is 0 Å². The van der Waals surface area contributed by atoms with Crippen LogP contribution in [-0.4, -0.2) is 24.5 Å². The average Bonchev–Trinajstić information content (AvgIpc) is 3.08. The number of carbonyl (C=O) groups is 1. The third-order valence-corrected chi connectivity index (χ3v) is 4.92. The number of rotatable bonds is 7. The molecule has 0 radical (unpaired) electrons. The van der Waals surface area contributed by atoms with Crippen molar-refractivity contribution in [3.05, 3.63) is 64.8 Å². The molecule has 2 N–H and O–H groups in total. The summed E-state index contributed by atoms with van der Waals surface area (Å²) in [5.74, 6) is 1.18. The van der Waals surface area contributed by atoms with E-state index in [-0.39, 0.29) is 11.8 Å². The molecular weight excluding hydrogens is 360 g/mol. The molecule has 1 heterocycles. The van der Waals surface area contributed by atoms with Gasteiger partial charge in [0, 0.05) is 41.0 Å². The molecule has 1 aromatic heterocycles. The lowest BCUT2D eigenvalue weighted by molar-refractivity contribution is -0.121. The molecule has 0 saturated heterocycles. The highest BCUT2D eigenvalue weighted by Gasteiger charge is 2.22. The van der Waals surface area contributed by atoms with Gasteiger partial charge < -0.3 is 15.0 Å². The smallest absolute Gasteiger partial charge is 0.220 e. The molecule has 0 fully saturated rings. The monoisotopic (exact) mass is 384 g/mol. The number of ether oxygens (including phenoxy) is 1. The van der Waals surface area contributed by atoms with E-state index in [4.69, 9.17) is 16.3 Å². The van der Waals surface area contributed by atoms with Crippen molar-refractivity contribution in [2.75, 3.05) is 13.7 Å². The number of hydrogen-bond donors (Lipinski definition) is 2. The first-order chi connectivity index (χ1) is 13.0. The van der Waals surface area contributed by atoms with E-state index >= 15 is 0 Å². The van der Waals surface area contributed by atoms with E-state index in [1.807, 2.05) is 48.7 Å². The third kappa shape index (κ3) is 4.64. The summed E-state index contributed by atoms with van der Waals surface area (Å²) in [4.78, 5) is 15.9. The van der Waals surface area contributed by atoms with Crippen LogP contribution in [0.25, 0.3) is 10.9 Å². The summed E-state index contributed by atoms with van der Waals surface area (Å²) in [5, 5.41) is 4.77. The Bertz CT molecular complexity index is 916. The van der Waals surface area contributed by atoms with Gasteiger partial charge in [-0.05, 0) is 47.4 Å². The summed E-state index contributed by atoms with van der Waals surface area (Å²) in [6, 6.07) is 13.6. The number of amides is 1. The van der Waals surface area contributed by atoms with Crippen LogP contribution in [0.15, 0.2) is 48.7 Å². The first-order valence-corrected chi connectivity index (χ1v) is 9.53. The van der Waals surface area contributed by atoms with E-state index in [9.17, 15) is 4.79 Å². The highest BCUT2D eigenvalue weighted by molar-refractivity contribution is 6.30. The zero-order valence-corrected chi connectivity index (χ0v) is 16.6. The molecule has 4 nitrogen and oxygen atoms in total. The summed E-state index contributed by atoms with van der Waals surface area (Å²) >= 11 is 6.06. The van der Waals surface area contributed by atoms with Gasteiger partial charge in [0.05, 0.1) is 7.11 Å². The summed E-state index contributed by atoms with van der Waals surface area (Å²) < 4.78 is 5.38. The van der Waals surface area contributed by atoms with Gasteiger partial charge in [-0.3, -0.25) is 4.79 Å². The number of nitrogens with one attached hydrogen (secondary N) is 2. The van der Waals surface area contributed by atoms with Crippen LogP contribution in [0.3, 0.4) is 0 Å². The Hall–Kier alpha value is -2.46. The van der Waals surface area contributed by atoms with Crippen molar-refractivity contribution in [1.82, 2.24) is 10.3 Å². The molecule has 3 rings (SSSR count). The van der Waals surface area contributed by atoms with E-state index in [1.165, 1.54) is 0 Å². The van der Waals surface area contributed by atoms with Crippen LogP contribution >= 0.6 is 11.6 Å². The molecular formula is C22H25ClN2O2. The van der Waals surface area contributed by atoms with Crippen LogP contribution in [0.4, 0.5) is 0 Å². The topological polar surface area (TPSA) is 54.1 Å². The van der Waals surface area contributed by atoms with E-state index in [1.54, 1.807) is 7.11 Å². The maximum atomic E-state index is 12.6. The predicted octanol–water partition coefficient (Wildman–Crippen LogP) is 5.12. The summed E-state index contributed by atoms with van der Waals surface area (Å²) in [6.07, 6.45) is 2.36. The minimum absolute atomic E-state index is 0.0425. The van der Waals surface area contributed by atoms with Crippen LogP contribution in [0.1, 0.15) is 37.3 Å². The first kappa shape index (κ1) is 19.3. The van der Waals surface area contributed by atoms with Gasteiger partial charge in [-0.2, -0.15) is 0 Å². The zero-order valence-electron chi connectivity index (χ0n) is 15.9. The van der Waals surface area contributed by atoms with Crippen molar-refractivity contribution >= 4 is 28.4 Å². The third-order valence-electron chi connectivity index (χ3n) is 4.67. The maximum Gasteiger partial charge on any atom is 0.220 e. The van der Waals surface area contributed by atoms with Crippen LogP contribution in [0, 0.1) is 5.92 Å². The molecule has 5 heteroatoms. The normalized spacial score (nSPS) is 12.3. The van der Waals surface area contributed by atoms with Crippen molar-refractivity contribution in [3.63, 3.8) is 0 Å². The number of fused-ring (bicyclic) bond motifs is 1. The van der Waals surface area contributed by atoms with Crippen molar-refractivity contribution in [2.24, 2.45) is 5.92 Å². The molecule has 27 heavy (non-hydrogen) atoms.